The summed E-state index contributed by atoms with van der Waals surface area (Å²) in [4.78, 5) is 11.6. The molecule has 1 aliphatic rings. The molecule has 1 amide bonds. The van der Waals surface area contributed by atoms with Gasteiger partial charge in [0.1, 0.15) is 12.1 Å². The number of carbonyl (C=O) groups excluding carboxylic acids is 1. The van der Waals surface area contributed by atoms with Crippen molar-refractivity contribution in [3.63, 3.8) is 0 Å². The van der Waals surface area contributed by atoms with E-state index in [9.17, 15) is 4.79 Å². The topological polar surface area (TPSA) is 101 Å². The number of rotatable bonds is 2. The number of benzene rings is 1. The lowest BCUT2D eigenvalue weighted by molar-refractivity contribution is -0.117. The normalized spacial score (nSPS) is 15.1. The minimum atomic E-state index is -0.271. The summed E-state index contributed by atoms with van der Waals surface area (Å²) in [6, 6.07) is 8.73. The Kier molecular flexibility index (Phi) is 3.41. The van der Waals surface area contributed by atoms with Gasteiger partial charge in [-0.2, -0.15) is 15.6 Å². The van der Waals surface area contributed by atoms with Crippen LogP contribution in [0.15, 0.2) is 23.3 Å². The van der Waals surface area contributed by atoms with E-state index in [1.54, 1.807) is 24.3 Å². The Morgan fingerprint density at radius 2 is 2.10 bits per heavy atom. The Morgan fingerprint density at radius 1 is 1.40 bits per heavy atom. The monoisotopic (exact) mass is 267 g/mol. The van der Waals surface area contributed by atoms with E-state index in [1.165, 1.54) is 0 Å². The van der Waals surface area contributed by atoms with Crippen LogP contribution in [0.2, 0.25) is 0 Å². The van der Waals surface area contributed by atoms with Gasteiger partial charge in [-0.1, -0.05) is 13.8 Å². The number of carbonyl (C=O) groups is 1. The number of fused-ring (bicyclic) bond motifs is 1. The molecule has 6 nitrogen and oxygen atoms in total. The Morgan fingerprint density at radius 3 is 2.75 bits per heavy atom. The van der Waals surface area contributed by atoms with Crippen LogP contribution in [0.4, 0.5) is 11.4 Å². The third-order valence-electron chi connectivity index (χ3n) is 3.13. The van der Waals surface area contributed by atoms with Crippen LogP contribution < -0.4 is 10.7 Å². The van der Waals surface area contributed by atoms with Crippen molar-refractivity contribution in [2.45, 2.75) is 25.7 Å². The molecule has 0 bridgehead atoms. The Bertz CT molecular complexity index is 660. The van der Waals surface area contributed by atoms with Crippen molar-refractivity contribution < 1.29 is 4.79 Å². The lowest BCUT2D eigenvalue weighted by Crippen LogP contribution is -2.32. The molecule has 0 saturated heterocycles. The Hall–Kier alpha value is -2.86. The molecule has 2 rings (SSSR count). The molecule has 0 saturated carbocycles. The van der Waals surface area contributed by atoms with Crippen LogP contribution in [0.25, 0.3) is 0 Å². The first-order valence-electron chi connectivity index (χ1n) is 6.04. The number of anilines is 2. The quantitative estimate of drug-likeness (QED) is 0.633. The van der Waals surface area contributed by atoms with Gasteiger partial charge in [0.15, 0.2) is 0 Å². The number of hydrazone groups is 1. The molecule has 1 aliphatic heterocycles. The van der Waals surface area contributed by atoms with E-state index in [0.29, 0.717) is 12.1 Å². The van der Waals surface area contributed by atoms with Crippen molar-refractivity contribution >= 4 is 23.0 Å². The lowest BCUT2D eigenvalue weighted by Gasteiger charge is -2.32. The smallest absolute Gasteiger partial charge is 0.237 e. The summed E-state index contributed by atoms with van der Waals surface area (Å²) in [5.74, 6) is -0.00234. The first-order chi connectivity index (χ1) is 9.46. The van der Waals surface area contributed by atoms with Crippen LogP contribution >= 0.6 is 0 Å². The van der Waals surface area contributed by atoms with Crippen molar-refractivity contribution in [1.82, 2.24) is 0 Å². The summed E-state index contributed by atoms with van der Waals surface area (Å²) in [6.45, 7) is 3.99. The summed E-state index contributed by atoms with van der Waals surface area (Å²) >= 11 is 0. The minimum absolute atomic E-state index is 0.00234. The van der Waals surface area contributed by atoms with E-state index >= 15 is 0 Å². The van der Waals surface area contributed by atoms with E-state index in [1.807, 2.05) is 19.9 Å². The minimum Gasteiger partial charge on any atom is -0.326 e. The molecule has 0 spiro atoms. The molecule has 0 atom stereocenters. The molecule has 2 N–H and O–H groups in total. The maximum atomic E-state index is 11.6. The third-order valence-corrected chi connectivity index (χ3v) is 3.13. The second kappa shape index (κ2) is 5.02. The summed E-state index contributed by atoms with van der Waals surface area (Å²) in [5.41, 5.74) is 4.60. The van der Waals surface area contributed by atoms with Crippen LogP contribution in [0.5, 0.6) is 0 Å². The zero-order valence-corrected chi connectivity index (χ0v) is 11.2. The van der Waals surface area contributed by atoms with Gasteiger partial charge in [-0.25, -0.2) is 0 Å². The maximum absolute atomic E-state index is 11.6. The molecular formula is C14H13N5O. The van der Waals surface area contributed by atoms with E-state index < -0.39 is 0 Å². The molecule has 1 aromatic carbocycles. The van der Waals surface area contributed by atoms with Gasteiger partial charge in [0.25, 0.3) is 0 Å². The summed E-state index contributed by atoms with van der Waals surface area (Å²) < 4.78 is 0. The van der Waals surface area contributed by atoms with Gasteiger partial charge in [0, 0.05) is 17.5 Å². The summed E-state index contributed by atoms with van der Waals surface area (Å²) in [5, 5.41) is 23.8. The van der Waals surface area contributed by atoms with Crippen molar-refractivity contribution in [3.8, 4) is 12.1 Å². The number of nitrogens with one attached hydrogen (secondary N) is 2. The first-order valence-corrected chi connectivity index (χ1v) is 6.04. The average Bonchev–Trinajstić information content (AvgIpc) is 2.39. The number of nitrogens with zero attached hydrogens (tertiary/aromatic N) is 3. The molecule has 100 valence electrons. The molecule has 0 fully saturated rings. The average molecular weight is 267 g/mol. The highest BCUT2D eigenvalue weighted by atomic mass is 16.1. The van der Waals surface area contributed by atoms with Gasteiger partial charge < -0.3 is 5.32 Å². The van der Waals surface area contributed by atoms with Crippen LogP contribution in [0.3, 0.4) is 0 Å². The number of nitriles is 2. The largest absolute Gasteiger partial charge is 0.326 e. The van der Waals surface area contributed by atoms with E-state index in [2.05, 4.69) is 15.8 Å². The highest BCUT2D eigenvalue weighted by Gasteiger charge is 2.31. The zero-order valence-electron chi connectivity index (χ0n) is 11.2. The molecule has 0 unspecified atom stereocenters. The highest BCUT2D eigenvalue weighted by molar-refractivity contribution is 6.10. The van der Waals surface area contributed by atoms with Gasteiger partial charge in [-0.15, -0.1) is 0 Å². The molecule has 0 aliphatic carbocycles. The van der Waals surface area contributed by atoms with Gasteiger partial charge in [-0.3, -0.25) is 10.2 Å². The molecule has 1 heterocycles. The molecule has 0 aromatic heterocycles. The predicted octanol–water partition coefficient (Wildman–Crippen LogP) is 2.12. The van der Waals surface area contributed by atoms with Crippen molar-refractivity contribution in [1.29, 1.82) is 10.5 Å². The van der Waals surface area contributed by atoms with Crippen molar-refractivity contribution in [2.75, 3.05) is 10.7 Å². The van der Waals surface area contributed by atoms with Crippen LogP contribution in [0.1, 0.15) is 25.8 Å². The van der Waals surface area contributed by atoms with Crippen molar-refractivity contribution in [2.24, 2.45) is 5.10 Å². The van der Waals surface area contributed by atoms with Gasteiger partial charge in [0.05, 0.1) is 5.69 Å². The van der Waals surface area contributed by atoms with Crippen LogP contribution in [-0.2, 0) is 10.2 Å². The molecule has 20 heavy (non-hydrogen) atoms. The van der Waals surface area contributed by atoms with Gasteiger partial charge in [-0.05, 0) is 23.8 Å². The van der Waals surface area contributed by atoms with Crippen LogP contribution in [-0.4, -0.2) is 11.6 Å². The number of hydrogen-bond donors (Lipinski definition) is 2. The lowest BCUT2D eigenvalue weighted by atomic mass is 9.78. The fourth-order valence-electron chi connectivity index (χ4n) is 2.17. The van der Waals surface area contributed by atoms with Gasteiger partial charge >= 0.3 is 0 Å². The van der Waals surface area contributed by atoms with E-state index in [4.69, 9.17) is 10.5 Å². The second-order valence-corrected chi connectivity index (χ2v) is 5.17. The fraction of sp³-hybridized carbons (Fsp3) is 0.286. The molecule has 1 aromatic rings. The standard InChI is InChI=1S/C14H13N5O/c1-14(2)6-13(20)17-12-4-3-9(5-11(12)14)18-19-10(7-15)8-16/h3-5,18H,6H2,1-2H3,(H,17,20). The first kappa shape index (κ1) is 13.6. The Labute approximate surface area is 116 Å². The fourth-order valence-corrected chi connectivity index (χ4v) is 2.17. The number of amides is 1. The second-order valence-electron chi connectivity index (χ2n) is 5.17. The van der Waals surface area contributed by atoms with Gasteiger partial charge in [0.2, 0.25) is 11.6 Å². The van der Waals surface area contributed by atoms with Crippen LogP contribution in [0, 0.1) is 22.7 Å². The third kappa shape index (κ3) is 2.60. The molecule has 6 heteroatoms. The summed E-state index contributed by atoms with van der Waals surface area (Å²) in [6.07, 6.45) is 0.411. The molecule has 0 radical (unpaired) electrons. The van der Waals surface area contributed by atoms with E-state index in [0.717, 1.165) is 11.3 Å². The zero-order chi connectivity index (χ0) is 14.8. The summed E-state index contributed by atoms with van der Waals surface area (Å²) in [7, 11) is 0. The van der Waals surface area contributed by atoms with E-state index in [-0.39, 0.29) is 17.0 Å². The Balaban J connectivity index is 2.34. The molecular weight excluding hydrogens is 254 g/mol. The highest BCUT2D eigenvalue weighted by Crippen LogP contribution is 2.38. The predicted molar refractivity (Wildman–Crippen MR) is 75.0 cm³/mol. The SMILES string of the molecule is CC1(C)CC(=O)Nc2ccc(NN=C(C#N)C#N)cc21. The number of hydrogen-bond acceptors (Lipinski definition) is 5. The maximum Gasteiger partial charge on any atom is 0.237 e. The van der Waals surface area contributed by atoms with Crippen molar-refractivity contribution in [3.05, 3.63) is 23.8 Å².